The summed E-state index contributed by atoms with van der Waals surface area (Å²) in [6, 6.07) is 1.93. The summed E-state index contributed by atoms with van der Waals surface area (Å²) < 4.78 is 1.26. The Morgan fingerprint density at radius 2 is 2.11 bits per heavy atom. The van der Waals surface area contributed by atoms with E-state index < -0.39 is 5.97 Å². The quantitative estimate of drug-likeness (QED) is 0.851. The topological polar surface area (TPSA) is 40.5 Å². The molecule has 2 unspecified atom stereocenters. The molecule has 1 aromatic heterocycles. The predicted octanol–water partition coefficient (Wildman–Crippen LogP) is 4.30. The fourth-order valence-corrected chi connectivity index (χ4v) is 3.52. The van der Waals surface area contributed by atoms with Crippen LogP contribution in [-0.2, 0) is 4.79 Å². The average molecular weight is 310 g/mol. The first kappa shape index (κ1) is 15.8. The van der Waals surface area contributed by atoms with Gasteiger partial charge in [0.25, 0.3) is 0 Å². The Labute approximate surface area is 121 Å². The second-order valence-corrected chi connectivity index (χ2v) is 6.56. The van der Waals surface area contributed by atoms with Gasteiger partial charge in [-0.3, -0.25) is 9.69 Å². The molecule has 18 heavy (non-hydrogen) atoms. The third kappa shape index (κ3) is 3.85. The Balaban J connectivity index is 2.97. The van der Waals surface area contributed by atoms with Crippen molar-refractivity contribution in [3.05, 3.63) is 20.3 Å². The van der Waals surface area contributed by atoms with Gasteiger partial charge >= 0.3 is 5.97 Å². The third-order valence-corrected chi connectivity index (χ3v) is 4.62. The van der Waals surface area contributed by atoms with Gasteiger partial charge in [0.15, 0.2) is 0 Å². The summed E-state index contributed by atoms with van der Waals surface area (Å²) in [5.74, 6) is -0.834. The fraction of sp³-hybridized carbons (Fsp3) is 0.583. The SMILES string of the molecule is CCC(C)N(CC(=O)O)C(C)c1cc(Cl)sc1Cl. The van der Waals surface area contributed by atoms with Crippen LogP contribution in [0.15, 0.2) is 6.07 Å². The van der Waals surface area contributed by atoms with Crippen molar-refractivity contribution >= 4 is 40.5 Å². The van der Waals surface area contributed by atoms with E-state index >= 15 is 0 Å². The van der Waals surface area contributed by atoms with Crippen LogP contribution in [0.25, 0.3) is 0 Å². The molecule has 0 saturated heterocycles. The summed E-state index contributed by atoms with van der Waals surface area (Å²) in [5, 5.41) is 9.00. The second-order valence-electron chi connectivity index (χ2n) is 4.28. The van der Waals surface area contributed by atoms with Crippen LogP contribution in [0.1, 0.15) is 38.8 Å². The number of carboxylic acid groups (broad SMARTS) is 1. The first-order chi connectivity index (χ1) is 8.36. The van der Waals surface area contributed by atoms with Gasteiger partial charge < -0.3 is 5.11 Å². The Kier molecular flexibility index (Phi) is 5.92. The molecule has 1 heterocycles. The van der Waals surface area contributed by atoms with Crippen molar-refractivity contribution in [2.24, 2.45) is 0 Å². The molecule has 0 radical (unpaired) electrons. The van der Waals surface area contributed by atoms with Crippen LogP contribution in [0.2, 0.25) is 8.67 Å². The number of hydrogen-bond acceptors (Lipinski definition) is 3. The van der Waals surface area contributed by atoms with E-state index in [2.05, 4.69) is 0 Å². The molecular weight excluding hydrogens is 293 g/mol. The molecule has 0 saturated carbocycles. The lowest BCUT2D eigenvalue weighted by atomic mass is 10.1. The lowest BCUT2D eigenvalue weighted by Crippen LogP contribution is -2.38. The van der Waals surface area contributed by atoms with E-state index in [0.29, 0.717) is 8.67 Å². The van der Waals surface area contributed by atoms with E-state index in [1.54, 1.807) is 0 Å². The van der Waals surface area contributed by atoms with Gasteiger partial charge in [-0.15, -0.1) is 11.3 Å². The zero-order chi connectivity index (χ0) is 13.9. The molecule has 1 N–H and O–H groups in total. The van der Waals surface area contributed by atoms with E-state index in [-0.39, 0.29) is 18.6 Å². The van der Waals surface area contributed by atoms with Crippen LogP contribution in [-0.4, -0.2) is 28.6 Å². The van der Waals surface area contributed by atoms with Crippen LogP contribution in [0.5, 0.6) is 0 Å². The highest BCUT2D eigenvalue weighted by Crippen LogP contribution is 2.37. The zero-order valence-corrected chi connectivity index (χ0v) is 12.9. The summed E-state index contributed by atoms with van der Waals surface area (Å²) in [6.45, 7) is 6.01. The van der Waals surface area contributed by atoms with Gasteiger partial charge in [-0.1, -0.05) is 30.1 Å². The molecule has 0 aliphatic rings. The average Bonchev–Trinajstić information content (AvgIpc) is 2.63. The van der Waals surface area contributed by atoms with Gasteiger partial charge in [0, 0.05) is 17.6 Å². The van der Waals surface area contributed by atoms with Gasteiger partial charge in [-0.2, -0.15) is 0 Å². The molecule has 6 heteroatoms. The van der Waals surface area contributed by atoms with Crippen LogP contribution >= 0.6 is 34.5 Å². The number of carboxylic acids is 1. The fourth-order valence-electron chi connectivity index (χ4n) is 1.88. The number of halogens is 2. The molecule has 0 aliphatic carbocycles. The number of rotatable bonds is 6. The van der Waals surface area contributed by atoms with Crippen molar-refractivity contribution in [1.29, 1.82) is 0 Å². The van der Waals surface area contributed by atoms with E-state index in [9.17, 15) is 4.79 Å². The van der Waals surface area contributed by atoms with Crippen molar-refractivity contribution in [3.63, 3.8) is 0 Å². The largest absolute Gasteiger partial charge is 0.480 e. The van der Waals surface area contributed by atoms with Crippen molar-refractivity contribution in [3.8, 4) is 0 Å². The first-order valence-electron chi connectivity index (χ1n) is 5.79. The minimum atomic E-state index is -0.834. The standard InChI is InChI=1S/C12H17Cl2NO2S/c1-4-7(2)15(6-11(16)17)8(3)9-5-10(13)18-12(9)14/h5,7-8H,4,6H2,1-3H3,(H,16,17). The molecular formula is C12H17Cl2NO2S. The second kappa shape index (κ2) is 6.75. The van der Waals surface area contributed by atoms with E-state index in [0.717, 1.165) is 12.0 Å². The minimum Gasteiger partial charge on any atom is -0.480 e. The van der Waals surface area contributed by atoms with Crippen molar-refractivity contribution in [1.82, 2.24) is 4.90 Å². The highest BCUT2D eigenvalue weighted by Gasteiger charge is 2.25. The Bertz CT molecular complexity index is 422. The van der Waals surface area contributed by atoms with E-state index in [4.69, 9.17) is 28.3 Å². The molecule has 0 aliphatic heterocycles. The van der Waals surface area contributed by atoms with Crippen LogP contribution in [0.4, 0.5) is 0 Å². The van der Waals surface area contributed by atoms with E-state index in [1.165, 1.54) is 11.3 Å². The van der Waals surface area contributed by atoms with Gasteiger partial charge in [-0.05, 0) is 26.3 Å². The highest BCUT2D eigenvalue weighted by atomic mass is 35.5. The van der Waals surface area contributed by atoms with Crippen molar-refractivity contribution in [2.75, 3.05) is 6.54 Å². The smallest absolute Gasteiger partial charge is 0.317 e. The van der Waals surface area contributed by atoms with Crippen molar-refractivity contribution < 1.29 is 9.90 Å². The molecule has 1 rings (SSSR count). The van der Waals surface area contributed by atoms with Crippen LogP contribution in [0, 0.1) is 0 Å². The Morgan fingerprint density at radius 1 is 1.50 bits per heavy atom. The normalized spacial score (nSPS) is 14.8. The molecule has 0 aromatic carbocycles. The number of carbonyl (C=O) groups is 1. The summed E-state index contributed by atoms with van der Waals surface area (Å²) in [4.78, 5) is 12.9. The number of nitrogens with zero attached hydrogens (tertiary/aromatic N) is 1. The molecule has 0 bridgehead atoms. The summed E-state index contributed by atoms with van der Waals surface area (Å²) in [5.41, 5.74) is 0.896. The maximum atomic E-state index is 11.0. The number of thiophene rings is 1. The van der Waals surface area contributed by atoms with Crippen LogP contribution < -0.4 is 0 Å². The third-order valence-electron chi connectivity index (χ3n) is 3.11. The maximum absolute atomic E-state index is 11.0. The lowest BCUT2D eigenvalue weighted by Gasteiger charge is -2.32. The zero-order valence-electron chi connectivity index (χ0n) is 10.6. The first-order valence-corrected chi connectivity index (χ1v) is 7.36. The summed E-state index contributed by atoms with van der Waals surface area (Å²) >= 11 is 13.4. The summed E-state index contributed by atoms with van der Waals surface area (Å²) in [7, 11) is 0. The monoisotopic (exact) mass is 309 g/mol. The Morgan fingerprint density at radius 3 is 2.50 bits per heavy atom. The number of aliphatic carboxylic acids is 1. The van der Waals surface area contributed by atoms with Gasteiger partial charge in [0.05, 0.1) is 15.2 Å². The van der Waals surface area contributed by atoms with E-state index in [1.807, 2.05) is 31.7 Å². The molecule has 2 atom stereocenters. The highest BCUT2D eigenvalue weighted by molar-refractivity contribution is 7.20. The molecule has 0 amide bonds. The molecule has 0 spiro atoms. The summed E-state index contributed by atoms with van der Waals surface area (Å²) in [6.07, 6.45) is 0.882. The number of hydrogen-bond donors (Lipinski definition) is 1. The lowest BCUT2D eigenvalue weighted by molar-refractivity contribution is -0.139. The van der Waals surface area contributed by atoms with Gasteiger partial charge in [0.2, 0.25) is 0 Å². The maximum Gasteiger partial charge on any atom is 0.317 e. The molecule has 0 fully saturated rings. The molecule has 1 aromatic rings. The van der Waals surface area contributed by atoms with Gasteiger partial charge in [0.1, 0.15) is 0 Å². The van der Waals surface area contributed by atoms with Gasteiger partial charge in [-0.25, -0.2) is 0 Å². The minimum absolute atomic E-state index is 0.0000318. The predicted molar refractivity (Wildman–Crippen MR) is 76.8 cm³/mol. The molecule has 102 valence electrons. The Hall–Kier alpha value is -0.290. The molecule has 3 nitrogen and oxygen atoms in total. The van der Waals surface area contributed by atoms with Crippen LogP contribution in [0.3, 0.4) is 0 Å². The van der Waals surface area contributed by atoms with Crippen molar-refractivity contribution in [2.45, 2.75) is 39.3 Å².